The molecule has 0 aliphatic rings. The average Bonchev–Trinajstić information content (AvgIpc) is 2.91. The van der Waals surface area contributed by atoms with E-state index < -0.39 is 0 Å². The molecular weight excluding hydrogens is 438 g/mol. The molecule has 0 aromatic heterocycles. The number of hydrogen-bond acceptors (Lipinski definition) is 4. The Balaban J connectivity index is 1.58. The highest BCUT2D eigenvalue weighted by molar-refractivity contribution is 5.98. The molecule has 0 saturated heterocycles. The molecule has 5 heteroatoms. The average molecular weight is 470 g/mol. The second-order valence-corrected chi connectivity index (χ2v) is 8.30. The van der Waals surface area contributed by atoms with Gasteiger partial charge in [0, 0.05) is 18.7 Å². The molecule has 0 aliphatic carbocycles. The van der Waals surface area contributed by atoms with Crippen LogP contribution in [0.15, 0.2) is 84.9 Å². The van der Waals surface area contributed by atoms with Gasteiger partial charge in [0.05, 0.1) is 20.8 Å². The van der Waals surface area contributed by atoms with Crippen LogP contribution in [0.5, 0.6) is 17.2 Å². The van der Waals surface area contributed by atoms with E-state index in [9.17, 15) is 4.79 Å². The lowest BCUT2D eigenvalue weighted by Gasteiger charge is -2.24. The minimum Gasteiger partial charge on any atom is -0.494 e. The number of nitrogens with zero attached hydrogens (tertiary/aromatic N) is 1. The van der Waals surface area contributed by atoms with Gasteiger partial charge < -0.3 is 19.1 Å². The summed E-state index contributed by atoms with van der Waals surface area (Å²) in [7, 11) is 3.25. The Hall–Kier alpha value is -3.99. The highest BCUT2D eigenvalue weighted by Gasteiger charge is 2.17. The highest BCUT2D eigenvalue weighted by Crippen LogP contribution is 2.28. The molecule has 4 aromatic carbocycles. The first kappa shape index (κ1) is 24.1. The third kappa shape index (κ3) is 5.93. The summed E-state index contributed by atoms with van der Waals surface area (Å²) >= 11 is 0. The Kier molecular flexibility index (Phi) is 7.88. The first-order valence-electron chi connectivity index (χ1n) is 11.8. The van der Waals surface area contributed by atoms with E-state index in [-0.39, 0.29) is 5.91 Å². The molecule has 0 N–H and O–H groups in total. The number of carbonyl (C=O) groups excluding carboxylic acids is 1. The van der Waals surface area contributed by atoms with Crippen molar-refractivity contribution in [3.63, 3.8) is 0 Å². The maximum Gasteiger partial charge on any atom is 0.254 e. The molecule has 0 bridgehead atoms. The van der Waals surface area contributed by atoms with Crippen molar-refractivity contribution in [2.75, 3.05) is 27.4 Å². The van der Waals surface area contributed by atoms with Crippen LogP contribution >= 0.6 is 0 Å². The summed E-state index contributed by atoms with van der Waals surface area (Å²) in [5.41, 5.74) is 2.81. The zero-order valence-electron chi connectivity index (χ0n) is 20.5. The van der Waals surface area contributed by atoms with Crippen molar-refractivity contribution in [1.29, 1.82) is 0 Å². The van der Waals surface area contributed by atoms with Crippen LogP contribution in [0.1, 0.15) is 28.4 Å². The van der Waals surface area contributed by atoms with Crippen molar-refractivity contribution in [3.8, 4) is 17.2 Å². The Morgan fingerprint density at radius 1 is 0.771 bits per heavy atom. The monoisotopic (exact) mass is 469 g/mol. The molecule has 35 heavy (non-hydrogen) atoms. The van der Waals surface area contributed by atoms with Gasteiger partial charge >= 0.3 is 0 Å². The molecule has 0 spiro atoms. The summed E-state index contributed by atoms with van der Waals surface area (Å²) in [6.07, 6.45) is 0.691. The number of rotatable bonds is 10. The van der Waals surface area contributed by atoms with Gasteiger partial charge in [-0.25, -0.2) is 0 Å². The maximum atomic E-state index is 13.7. The summed E-state index contributed by atoms with van der Waals surface area (Å²) in [4.78, 5) is 15.6. The fourth-order valence-electron chi connectivity index (χ4n) is 4.14. The van der Waals surface area contributed by atoms with Crippen LogP contribution in [0.25, 0.3) is 10.8 Å². The van der Waals surface area contributed by atoms with Crippen molar-refractivity contribution in [2.45, 2.75) is 19.9 Å². The minimum absolute atomic E-state index is 0.00474. The number of fused-ring (bicyclic) bond motifs is 1. The third-order valence-corrected chi connectivity index (χ3v) is 6.01. The van der Waals surface area contributed by atoms with Crippen LogP contribution in [-0.4, -0.2) is 38.2 Å². The van der Waals surface area contributed by atoms with Gasteiger partial charge in [0.15, 0.2) is 11.5 Å². The lowest BCUT2D eigenvalue weighted by Crippen LogP contribution is -2.32. The van der Waals surface area contributed by atoms with Gasteiger partial charge in [-0.05, 0) is 71.6 Å². The van der Waals surface area contributed by atoms with Gasteiger partial charge in [-0.2, -0.15) is 0 Å². The fraction of sp³-hybridized carbons (Fsp3) is 0.233. The molecule has 4 aromatic rings. The molecule has 0 fully saturated rings. The number of methoxy groups -OCH3 is 2. The standard InChI is InChI=1S/C30H31NO4/c1-4-35-27-14-9-23(10-15-27)21-31(18-17-22-11-16-28(33-2)29(19-22)34-3)30(32)26-13-12-24-7-5-6-8-25(24)20-26/h5-16,19-20H,4,17-18,21H2,1-3H3. The molecule has 0 aliphatic heterocycles. The first-order valence-corrected chi connectivity index (χ1v) is 11.8. The van der Waals surface area contributed by atoms with Gasteiger partial charge in [0.1, 0.15) is 5.75 Å². The third-order valence-electron chi connectivity index (χ3n) is 6.01. The Morgan fingerprint density at radius 3 is 2.20 bits per heavy atom. The van der Waals surface area contributed by atoms with E-state index in [4.69, 9.17) is 14.2 Å². The zero-order chi connectivity index (χ0) is 24.6. The molecule has 0 heterocycles. The Bertz CT molecular complexity index is 1280. The number of benzene rings is 4. The second kappa shape index (κ2) is 11.4. The van der Waals surface area contributed by atoms with Crippen molar-refractivity contribution >= 4 is 16.7 Å². The summed E-state index contributed by atoms with van der Waals surface area (Å²) in [5.74, 6) is 2.21. The topological polar surface area (TPSA) is 48.0 Å². The smallest absolute Gasteiger partial charge is 0.254 e. The van der Waals surface area contributed by atoms with Crippen molar-refractivity contribution in [1.82, 2.24) is 4.90 Å². The molecule has 1 amide bonds. The molecule has 5 nitrogen and oxygen atoms in total. The van der Waals surface area contributed by atoms with E-state index in [1.54, 1.807) is 14.2 Å². The highest BCUT2D eigenvalue weighted by atomic mass is 16.5. The molecule has 0 unspecified atom stereocenters. The molecule has 4 rings (SSSR count). The van der Waals surface area contributed by atoms with Crippen molar-refractivity contribution in [3.05, 3.63) is 102 Å². The van der Waals surface area contributed by atoms with Crippen LogP contribution in [0, 0.1) is 0 Å². The van der Waals surface area contributed by atoms with Gasteiger partial charge in [0.25, 0.3) is 5.91 Å². The molecular formula is C30H31NO4. The summed E-state index contributed by atoms with van der Waals surface area (Å²) in [6.45, 7) is 3.66. The van der Waals surface area contributed by atoms with Crippen LogP contribution < -0.4 is 14.2 Å². The number of amides is 1. The Labute approximate surface area is 206 Å². The largest absolute Gasteiger partial charge is 0.494 e. The summed E-state index contributed by atoms with van der Waals surface area (Å²) in [5, 5.41) is 2.17. The molecule has 0 saturated carbocycles. The SMILES string of the molecule is CCOc1ccc(CN(CCc2ccc(OC)c(OC)c2)C(=O)c2ccc3ccccc3c2)cc1. The quantitative estimate of drug-likeness (QED) is 0.280. The second-order valence-electron chi connectivity index (χ2n) is 8.30. The van der Waals surface area contributed by atoms with Gasteiger partial charge in [-0.3, -0.25) is 4.79 Å². The van der Waals surface area contributed by atoms with Crippen LogP contribution in [0.3, 0.4) is 0 Å². The first-order chi connectivity index (χ1) is 17.1. The summed E-state index contributed by atoms with van der Waals surface area (Å²) < 4.78 is 16.4. The molecule has 0 radical (unpaired) electrons. The lowest BCUT2D eigenvalue weighted by molar-refractivity contribution is 0.0745. The van der Waals surface area contributed by atoms with Gasteiger partial charge in [-0.1, -0.05) is 48.5 Å². The van der Waals surface area contributed by atoms with Crippen LogP contribution in [0.2, 0.25) is 0 Å². The van der Waals surface area contributed by atoms with Crippen molar-refractivity contribution in [2.24, 2.45) is 0 Å². The zero-order valence-corrected chi connectivity index (χ0v) is 20.5. The van der Waals surface area contributed by atoms with Gasteiger partial charge in [0.2, 0.25) is 0 Å². The van der Waals surface area contributed by atoms with E-state index in [1.807, 2.05) is 90.7 Å². The minimum atomic E-state index is 0.00474. The summed E-state index contributed by atoms with van der Waals surface area (Å²) in [6, 6.07) is 27.8. The fourth-order valence-corrected chi connectivity index (χ4v) is 4.14. The van der Waals surface area contributed by atoms with E-state index >= 15 is 0 Å². The number of hydrogen-bond donors (Lipinski definition) is 0. The van der Waals surface area contributed by atoms with E-state index in [0.717, 1.165) is 27.6 Å². The van der Waals surface area contributed by atoms with Crippen LogP contribution in [0.4, 0.5) is 0 Å². The van der Waals surface area contributed by atoms with E-state index in [0.29, 0.717) is 43.2 Å². The van der Waals surface area contributed by atoms with Crippen LogP contribution in [-0.2, 0) is 13.0 Å². The van der Waals surface area contributed by atoms with Gasteiger partial charge in [-0.15, -0.1) is 0 Å². The Morgan fingerprint density at radius 2 is 1.49 bits per heavy atom. The number of ether oxygens (including phenoxy) is 3. The van der Waals surface area contributed by atoms with E-state index in [1.165, 1.54) is 0 Å². The normalized spacial score (nSPS) is 10.7. The predicted octanol–water partition coefficient (Wildman–Crippen LogP) is 6.14. The predicted molar refractivity (Wildman–Crippen MR) is 140 cm³/mol. The van der Waals surface area contributed by atoms with E-state index in [2.05, 4.69) is 6.07 Å². The molecule has 180 valence electrons. The maximum absolute atomic E-state index is 13.7. The molecule has 0 atom stereocenters. The van der Waals surface area contributed by atoms with Crippen molar-refractivity contribution < 1.29 is 19.0 Å². The number of carbonyl (C=O) groups is 1. The lowest BCUT2D eigenvalue weighted by atomic mass is 10.1.